The molecule has 0 fully saturated rings. The second kappa shape index (κ2) is 15.9. The molecule has 0 radical (unpaired) electrons. The lowest BCUT2D eigenvalue weighted by Crippen LogP contribution is -2.66. The molecule has 0 aliphatic carbocycles. The molecule has 0 spiro atoms. The highest BCUT2D eigenvalue weighted by Gasteiger charge is 2.17. The van der Waals surface area contributed by atoms with Gasteiger partial charge in [0.05, 0.1) is 0 Å². The van der Waals surface area contributed by atoms with Crippen molar-refractivity contribution in [3.8, 4) is 0 Å². The van der Waals surface area contributed by atoms with Crippen LogP contribution in [0.5, 0.6) is 0 Å². The lowest BCUT2D eigenvalue weighted by atomic mass is 10.1. The molecular formula is C42H42N4S4+2. The summed E-state index contributed by atoms with van der Waals surface area (Å²) in [6.45, 7) is 6.49. The van der Waals surface area contributed by atoms with Gasteiger partial charge in [0, 0.05) is 92.0 Å². The van der Waals surface area contributed by atoms with Crippen molar-refractivity contribution in [3.05, 3.63) is 137 Å². The van der Waals surface area contributed by atoms with E-state index < -0.39 is 0 Å². The van der Waals surface area contributed by atoms with E-state index in [9.17, 15) is 0 Å². The molecule has 8 heteroatoms. The number of rotatable bonds is 12. The number of hydrogen-bond acceptors (Lipinski definition) is 4. The van der Waals surface area contributed by atoms with Gasteiger partial charge in [0.1, 0.15) is 18.8 Å². The first-order valence-electron chi connectivity index (χ1n) is 16.9. The fourth-order valence-corrected chi connectivity index (χ4v) is 10.4. The van der Waals surface area contributed by atoms with E-state index in [0.29, 0.717) is 0 Å². The quantitative estimate of drug-likeness (QED) is 0.0339. The highest BCUT2D eigenvalue weighted by Crippen LogP contribution is 2.32. The Morgan fingerprint density at radius 2 is 1.26 bits per heavy atom. The number of para-hydroxylation sites is 3. The lowest BCUT2D eigenvalue weighted by molar-refractivity contribution is -0.642. The summed E-state index contributed by atoms with van der Waals surface area (Å²) in [7, 11) is 8.11. The van der Waals surface area contributed by atoms with E-state index in [4.69, 9.17) is 0 Å². The molecule has 7 aromatic rings. The zero-order chi connectivity index (χ0) is 34.5. The first-order valence-corrected chi connectivity index (χ1v) is 21.1. The van der Waals surface area contributed by atoms with E-state index >= 15 is 0 Å². The Balaban J connectivity index is 0.998. The largest absolute Gasteiger partial charge is 0.343 e. The van der Waals surface area contributed by atoms with Gasteiger partial charge in [-0.2, -0.15) is 4.57 Å². The number of benzene rings is 4. The minimum absolute atomic E-state index is 0.981. The zero-order valence-electron chi connectivity index (χ0n) is 28.9. The molecule has 0 bridgehead atoms. The van der Waals surface area contributed by atoms with Crippen LogP contribution in [0.1, 0.15) is 27.5 Å². The third kappa shape index (κ3) is 7.26. The van der Waals surface area contributed by atoms with Crippen molar-refractivity contribution in [2.24, 2.45) is 7.05 Å². The minimum Gasteiger partial charge on any atom is -0.343 e. The summed E-state index contributed by atoms with van der Waals surface area (Å²) in [5.74, 6) is 2.11. The maximum absolute atomic E-state index is 3.37. The van der Waals surface area contributed by atoms with Crippen LogP contribution in [-0.2, 0) is 20.1 Å². The number of nitrogens with zero attached hydrogens (tertiary/aromatic N) is 3. The fourth-order valence-electron chi connectivity index (χ4n) is 6.65. The van der Waals surface area contributed by atoms with Crippen LogP contribution in [0.25, 0.3) is 50.3 Å². The summed E-state index contributed by atoms with van der Waals surface area (Å²) in [6, 6.07) is 36.8. The Bertz CT molecular complexity index is 2360. The smallest absolute Gasteiger partial charge is 0.262 e. The lowest BCUT2D eigenvalue weighted by Gasteiger charge is -2.10. The molecule has 4 nitrogen and oxygen atoms in total. The average Bonchev–Trinajstić information content (AvgIpc) is 3.72. The zero-order valence-corrected chi connectivity index (χ0v) is 32.2. The Labute approximate surface area is 311 Å². The molecule has 3 heterocycles. The molecule has 0 aliphatic rings. The van der Waals surface area contributed by atoms with E-state index in [-0.39, 0.29) is 0 Å². The van der Waals surface area contributed by atoms with Crippen molar-refractivity contribution in [1.82, 2.24) is 9.13 Å². The predicted octanol–water partition coefficient (Wildman–Crippen LogP) is 9.42. The minimum atomic E-state index is 0.981. The molecule has 0 amide bonds. The molecule has 0 atom stereocenters. The van der Waals surface area contributed by atoms with Crippen LogP contribution in [0.4, 0.5) is 0 Å². The Morgan fingerprint density at radius 3 is 1.88 bits per heavy atom. The highest BCUT2D eigenvalue weighted by molar-refractivity contribution is 8.76. The number of thiazole rings is 1. The van der Waals surface area contributed by atoms with Crippen molar-refractivity contribution < 1.29 is 9.56 Å². The van der Waals surface area contributed by atoms with Crippen molar-refractivity contribution >= 4 is 100.0 Å². The van der Waals surface area contributed by atoms with Crippen LogP contribution in [0, 0.1) is 13.8 Å². The Morgan fingerprint density at radius 1 is 0.700 bits per heavy atom. The van der Waals surface area contributed by atoms with E-state index in [2.05, 4.69) is 167 Å². The van der Waals surface area contributed by atoms with Crippen LogP contribution in [0.3, 0.4) is 0 Å². The van der Waals surface area contributed by atoms with Crippen LogP contribution < -0.4 is 9.56 Å². The summed E-state index contributed by atoms with van der Waals surface area (Å²) < 4.78 is 8.60. The van der Waals surface area contributed by atoms with Gasteiger partial charge in [-0.1, -0.05) is 99.7 Å². The Hall–Kier alpha value is -3.95. The Kier molecular flexibility index (Phi) is 11.0. The first-order chi connectivity index (χ1) is 24.5. The van der Waals surface area contributed by atoms with Gasteiger partial charge in [-0.15, -0.1) is 0 Å². The molecule has 0 unspecified atom stereocenters. The fraction of sp³-hybridized carbons (Fsp3) is 0.190. The molecule has 0 saturated carbocycles. The second-order valence-corrected chi connectivity index (χ2v) is 17.0. The topological polar surface area (TPSA) is 27.7 Å². The van der Waals surface area contributed by atoms with Crippen LogP contribution in [0.15, 0.2) is 114 Å². The van der Waals surface area contributed by atoms with Crippen molar-refractivity contribution in [1.29, 1.82) is 0 Å². The maximum atomic E-state index is 3.37. The third-order valence-electron chi connectivity index (χ3n) is 9.22. The van der Waals surface area contributed by atoms with Crippen LogP contribution in [-0.4, -0.2) is 32.7 Å². The number of aryl methyl sites for hydroxylation is 3. The number of aromatic nitrogens is 3. The normalized spacial score (nSPS) is 12.5. The molecule has 50 heavy (non-hydrogen) atoms. The summed E-state index contributed by atoms with van der Waals surface area (Å²) in [5, 5.41) is 5.01. The molecule has 0 saturated heterocycles. The van der Waals surface area contributed by atoms with Crippen LogP contribution >= 0.6 is 44.7 Å². The van der Waals surface area contributed by atoms with E-state index in [1.165, 1.54) is 64.4 Å². The van der Waals surface area contributed by atoms with Gasteiger partial charge in [-0.3, -0.25) is 0 Å². The molecule has 252 valence electrons. The van der Waals surface area contributed by atoms with E-state index in [1.807, 2.05) is 40.0 Å². The summed E-state index contributed by atoms with van der Waals surface area (Å²) >= 11 is 3.59. The standard InChI is InChI=1S/C42H41N4S4/c1-30-33(22-24-41(43-3)49-32-14-6-5-7-15-32)35-16-8-10-18-37(35)45(30)26-28-47-48-29-27-46-31(2)34(36-17-9-11-19-38(36)46)23-25-42-44(4)39-20-12-13-21-40(39)50-42/h5-25H,26-29H2,1-4H3/q+1/p+1/b24-22+,43-41?. The number of hydrogen-bond donors (Lipinski definition) is 1. The number of thioether (sulfide) groups is 1. The van der Waals surface area contributed by atoms with Gasteiger partial charge >= 0.3 is 0 Å². The summed E-state index contributed by atoms with van der Waals surface area (Å²) in [4.78, 5) is 4.60. The van der Waals surface area contributed by atoms with Gasteiger partial charge in [0.2, 0.25) is 10.6 Å². The van der Waals surface area contributed by atoms with Gasteiger partial charge < -0.3 is 9.13 Å². The predicted molar refractivity (Wildman–Crippen MR) is 223 cm³/mol. The summed E-state index contributed by atoms with van der Waals surface area (Å²) in [5.41, 5.74) is 9.14. The van der Waals surface area contributed by atoms with Gasteiger partial charge in [0.25, 0.3) is 5.01 Å². The SMILES string of the molecule is C[NH+]=C(/C=C/c1c(C)n(CCSSCCn2c(C)c(/C=C/c3sc4ccccc4[n+]3C)c3ccccc32)c2ccccc12)Sc1ccccc1. The molecule has 0 aliphatic heterocycles. The average molecular weight is 731 g/mol. The second-order valence-electron chi connectivity index (χ2n) is 12.1. The van der Waals surface area contributed by atoms with Crippen molar-refractivity contribution in [2.75, 3.05) is 18.6 Å². The van der Waals surface area contributed by atoms with Crippen LogP contribution in [0.2, 0.25) is 0 Å². The maximum Gasteiger partial charge on any atom is 0.262 e. The molecule has 3 aromatic heterocycles. The first kappa shape index (κ1) is 34.5. The number of fused-ring (bicyclic) bond motifs is 3. The monoisotopic (exact) mass is 730 g/mol. The number of nitrogens with one attached hydrogen (secondary N) is 1. The highest BCUT2D eigenvalue weighted by atomic mass is 33.1. The van der Waals surface area contributed by atoms with Crippen molar-refractivity contribution in [2.45, 2.75) is 31.8 Å². The van der Waals surface area contributed by atoms with Gasteiger partial charge in [0.15, 0.2) is 0 Å². The molecular weight excluding hydrogens is 689 g/mol. The molecule has 7 rings (SSSR count). The van der Waals surface area contributed by atoms with Crippen molar-refractivity contribution in [3.63, 3.8) is 0 Å². The van der Waals surface area contributed by atoms with Gasteiger partial charge in [-0.25, -0.2) is 4.99 Å². The third-order valence-corrected chi connectivity index (χ3v) is 13.8. The van der Waals surface area contributed by atoms with Gasteiger partial charge in [-0.05, 0) is 68.1 Å². The summed E-state index contributed by atoms with van der Waals surface area (Å²) in [6.07, 6.45) is 9.07. The van der Waals surface area contributed by atoms with E-state index in [0.717, 1.165) is 29.6 Å². The molecule has 1 N–H and O–H groups in total. The molecule has 4 aromatic carbocycles. The van der Waals surface area contributed by atoms with E-state index in [1.54, 1.807) is 11.8 Å².